The minimum atomic E-state index is -0.867. The molecule has 18 heavy (non-hydrogen) atoms. The van der Waals surface area contributed by atoms with E-state index in [1.54, 1.807) is 0 Å². The quantitative estimate of drug-likeness (QED) is 0.666. The molecular weight excluding hydrogens is 252 g/mol. The molecule has 0 unspecified atom stereocenters. The smallest absolute Gasteiger partial charge is 0.174 e. The number of hydrogen-bond donors (Lipinski definition) is 1. The highest BCUT2D eigenvalue weighted by atomic mass is 32.2. The van der Waals surface area contributed by atoms with Crippen LogP contribution in [0.4, 0.5) is 14.5 Å². The molecule has 0 saturated heterocycles. The van der Waals surface area contributed by atoms with E-state index in [-0.39, 0.29) is 10.6 Å². The second kappa shape index (κ2) is 5.40. The molecule has 1 nitrogen and oxygen atoms in total. The Morgan fingerprint density at radius 3 is 2.56 bits per heavy atom. The van der Waals surface area contributed by atoms with Crippen LogP contribution in [0.2, 0.25) is 0 Å². The van der Waals surface area contributed by atoms with Crippen molar-refractivity contribution in [2.45, 2.75) is 17.6 Å². The van der Waals surface area contributed by atoms with Crippen molar-refractivity contribution in [3.63, 3.8) is 0 Å². The van der Waals surface area contributed by atoms with Crippen LogP contribution in [-0.4, -0.2) is 0 Å². The van der Waals surface area contributed by atoms with E-state index in [2.05, 4.69) is 0 Å². The molecule has 0 aliphatic carbocycles. The lowest BCUT2D eigenvalue weighted by molar-refractivity contribution is 0.492. The van der Waals surface area contributed by atoms with Gasteiger partial charge in [0.1, 0.15) is 0 Å². The monoisotopic (exact) mass is 265 g/mol. The van der Waals surface area contributed by atoms with Gasteiger partial charge in [-0.25, -0.2) is 8.78 Å². The van der Waals surface area contributed by atoms with E-state index < -0.39 is 11.6 Å². The van der Waals surface area contributed by atoms with Crippen LogP contribution in [0.5, 0.6) is 0 Å². The Kier molecular flexibility index (Phi) is 3.87. The minimum absolute atomic E-state index is 0.179. The largest absolute Gasteiger partial charge is 0.398 e. The van der Waals surface area contributed by atoms with Gasteiger partial charge in [-0.05, 0) is 30.2 Å². The van der Waals surface area contributed by atoms with Crippen molar-refractivity contribution in [2.24, 2.45) is 0 Å². The minimum Gasteiger partial charge on any atom is -0.398 e. The van der Waals surface area contributed by atoms with Crippen molar-refractivity contribution in [2.75, 3.05) is 5.73 Å². The van der Waals surface area contributed by atoms with Gasteiger partial charge >= 0.3 is 0 Å². The zero-order chi connectivity index (χ0) is 13.1. The zero-order valence-corrected chi connectivity index (χ0v) is 10.7. The molecule has 0 aliphatic rings. The number of anilines is 1. The maximum absolute atomic E-state index is 13.6. The summed E-state index contributed by atoms with van der Waals surface area (Å²) >= 11 is 1.22. The third-order valence-electron chi connectivity index (χ3n) is 2.71. The van der Waals surface area contributed by atoms with Crippen molar-refractivity contribution in [3.8, 4) is 0 Å². The first-order valence-corrected chi connectivity index (χ1v) is 6.49. The van der Waals surface area contributed by atoms with Gasteiger partial charge in [-0.3, -0.25) is 0 Å². The second-order valence-corrected chi connectivity index (χ2v) is 4.98. The third kappa shape index (κ3) is 2.64. The summed E-state index contributed by atoms with van der Waals surface area (Å²) in [4.78, 5) is 0.179. The first-order chi connectivity index (χ1) is 8.59. The van der Waals surface area contributed by atoms with E-state index in [9.17, 15) is 8.78 Å². The van der Waals surface area contributed by atoms with Crippen LogP contribution in [0.15, 0.2) is 41.3 Å². The molecule has 2 rings (SSSR count). The van der Waals surface area contributed by atoms with Crippen molar-refractivity contribution in [1.82, 2.24) is 0 Å². The fourth-order valence-corrected chi connectivity index (χ4v) is 2.70. The molecule has 94 valence electrons. The molecule has 0 aromatic heterocycles. The van der Waals surface area contributed by atoms with Gasteiger partial charge in [-0.1, -0.05) is 24.3 Å². The molecule has 0 fully saturated rings. The summed E-state index contributed by atoms with van der Waals surface area (Å²) in [6, 6.07) is 10.3. The predicted molar refractivity (Wildman–Crippen MR) is 71.5 cm³/mol. The zero-order valence-electron chi connectivity index (χ0n) is 9.91. The second-order valence-electron chi connectivity index (χ2n) is 3.99. The molecule has 0 bridgehead atoms. The number of rotatable bonds is 3. The lowest BCUT2D eigenvalue weighted by Crippen LogP contribution is -1.96. The van der Waals surface area contributed by atoms with Crippen LogP contribution in [0.25, 0.3) is 0 Å². The topological polar surface area (TPSA) is 26.0 Å². The molecule has 0 saturated carbocycles. The molecule has 4 heteroatoms. The lowest BCUT2D eigenvalue weighted by Gasteiger charge is -2.09. The maximum atomic E-state index is 13.6. The molecule has 2 aromatic rings. The van der Waals surface area contributed by atoms with Crippen molar-refractivity contribution in [3.05, 3.63) is 59.2 Å². The van der Waals surface area contributed by atoms with Crippen LogP contribution in [-0.2, 0) is 5.75 Å². The number of aryl methyl sites for hydroxylation is 1. The van der Waals surface area contributed by atoms with E-state index in [0.717, 1.165) is 17.2 Å². The van der Waals surface area contributed by atoms with Gasteiger partial charge in [0.2, 0.25) is 0 Å². The van der Waals surface area contributed by atoms with Crippen molar-refractivity contribution in [1.29, 1.82) is 0 Å². The van der Waals surface area contributed by atoms with E-state index in [0.29, 0.717) is 5.75 Å². The fourth-order valence-electron chi connectivity index (χ4n) is 1.62. The molecule has 2 N–H and O–H groups in total. The van der Waals surface area contributed by atoms with Crippen LogP contribution in [0.3, 0.4) is 0 Å². The molecule has 0 spiro atoms. The number of thioether (sulfide) groups is 1. The van der Waals surface area contributed by atoms with Gasteiger partial charge in [0, 0.05) is 11.4 Å². The number of nitrogens with two attached hydrogens (primary N) is 1. The molecule has 0 radical (unpaired) electrons. The standard InChI is InChI=1S/C14H13F2NS/c1-9-4-2-3-5-10(9)8-18-14-12(17)7-6-11(15)13(14)16/h2-7H,8,17H2,1H3. The summed E-state index contributed by atoms with van der Waals surface area (Å²) in [6.45, 7) is 1.99. The molecule has 0 aliphatic heterocycles. The number of nitrogen functional groups attached to an aromatic ring is 1. The fraction of sp³-hybridized carbons (Fsp3) is 0.143. The SMILES string of the molecule is Cc1ccccc1CSc1c(N)ccc(F)c1F. The average molecular weight is 265 g/mol. The lowest BCUT2D eigenvalue weighted by atomic mass is 10.1. The first-order valence-electron chi connectivity index (χ1n) is 5.50. The van der Waals surface area contributed by atoms with Crippen molar-refractivity contribution < 1.29 is 8.78 Å². The Labute approximate surface area is 109 Å². The molecule has 0 amide bonds. The summed E-state index contributed by atoms with van der Waals surface area (Å²) in [5.41, 5.74) is 8.15. The summed E-state index contributed by atoms with van der Waals surface area (Å²) < 4.78 is 26.7. The highest BCUT2D eigenvalue weighted by molar-refractivity contribution is 7.98. The normalized spacial score (nSPS) is 10.6. The van der Waals surface area contributed by atoms with Gasteiger partial charge in [0.15, 0.2) is 11.6 Å². The molecular formula is C14H13F2NS. The highest BCUT2D eigenvalue weighted by Crippen LogP contribution is 2.32. The first kappa shape index (κ1) is 12.9. The Balaban J connectivity index is 2.21. The van der Waals surface area contributed by atoms with E-state index >= 15 is 0 Å². The number of halogens is 2. The Hall–Kier alpha value is -1.55. The Bertz CT molecular complexity index is 570. The highest BCUT2D eigenvalue weighted by Gasteiger charge is 2.12. The van der Waals surface area contributed by atoms with Gasteiger partial charge in [0.05, 0.1) is 4.90 Å². The van der Waals surface area contributed by atoms with Crippen molar-refractivity contribution >= 4 is 17.4 Å². The van der Waals surface area contributed by atoms with E-state index in [1.807, 2.05) is 31.2 Å². The van der Waals surface area contributed by atoms with E-state index in [4.69, 9.17) is 5.73 Å². The average Bonchev–Trinajstić information content (AvgIpc) is 2.36. The Morgan fingerprint density at radius 1 is 1.11 bits per heavy atom. The maximum Gasteiger partial charge on any atom is 0.174 e. The molecule has 0 atom stereocenters. The summed E-state index contributed by atoms with van der Waals surface area (Å²) in [6.07, 6.45) is 0. The number of benzene rings is 2. The van der Waals surface area contributed by atoms with Gasteiger partial charge < -0.3 is 5.73 Å². The van der Waals surface area contributed by atoms with Crippen LogP contribution in [0.1, 0.15) is 11.1 Å². The van der Waals surface area contributed by atoms with E-state index in [1.165, 1.54) is 17.8 Å². The Morgan fingerprint density at radius 2 is 1.83 bits per heavy atom. The third-order valence-corrected chi connectivity index (χ3v) is 3.87. The van der Waals surface area contributed by atoms with Gasteiger partial charge in [0.25, 0.3) is 0 Å². The summed E-state index contributed by atoms with van der Waals surface area (Å²) in [7, 11) is 0. The van der Waals surface area contributed by atoms with Gasteiger partial charge in [-0.15, -0.1) is 11.8 Å². The summed E-state index contributed by atoms with van der Waals surface area (Å²) in [5.74, 6) is -1.16. The van der Waals surface area contributed by atoms with Gasteiger partial charge in [-0.2, -0.15) is 0 Å². The number of hydrogen-bond acceptors (Lipinski definition) is 2. The summed E-state index contributed by atoms with van der Waals surface area (Å²) in [5, 5.41) is 0. The predicted octanol–water partition coefficient (Wildman–Crippen LogP) is 4.15. The van der Waals surface area contributed by atoms with Crippen LogP contribution < -0.4 is 5.73 Å². The van der Waals surface area contributed by atoms with Crippen LogP contribution >= 0.6 is 11.8 Å². The molecule has 0 heterocycles. The molecule has 2 aromatic carbocycles. The van der Waals surface area contributed by atoms with Crippen LogP contribution in [0, 0.1) is 18.6 Å².